The van der Waals surface area contributed by atoms with Crippen LogP contribution in [0.3, 0.4) is 0 Å². The van der Waals surface area contributed by atoms with E-state index in [1.807, 2.05) is 13.2 Å². The standard InChI is InChI=1S/C16H19N5O3/c1-11-13(8-24-18-11)15(23)20-4-3-16(9-20)5-14(22)21(10-16)12-6-17-19(2)7-12/h6-8H,3-5,9-10H2,1-2H3. The third kappa shape index (κ3) is 2.29. The number of hydrogen-bond donors (Lipinski definition) is 0. The zero-order chi connectivity index (χ0) is 16.9. The molecule has 2 fully saturated rings. The number of carbonyl (C=O) groups excluding carboxylic acids is 2. The Morgan fingerprint density at radius 2 is 2.21 bits per heavy atom. The summed E-state index contributed by atoms with van der Waals surface area (Å²) in [5, 5.41) is 7.91. The predicted molar refractivity (Wildman–Crippen MR) is 84.4 cm³/mol. The van der Waals surface area contributed by atoms with E-state index >= 15 is 0 Å². The first kappa shape index (κ1) is 14.9. The largest absolute Gasteiger partial charge is 0.364 e. The molecule has 126 valence electrons. The predicted octanol–water partition coefficient (Wildman–Crippen LogP) is 0.986. The molecule has 0 bridgehead atoms. The van der Waals surface area contributed by atoms with Crippen LogP contribution in [0.25, 0.3) is 0 Å². The minimum atomic E-state index is -0.173. The summed E-state index contributed by atoms with van der Waals surface area (Å²) in [4.78, 5) is 28.7. The van der Waals surface area contributed by atoms with Gasteiger partial charge in [-0.25, -0.2) is 0 Å². The van der Waals surface area contributed by atoms with Crippen molar-refractivity contribution in [3.63, 3.8) is 0 Å². The maximum Gasteiger partial charge on any atom is 0.259 e. The molecule has 0 N–H and O–H groups in total. The topological polar surface area (TPSA) is 84.5 Å². The van der Waals surface area contributed by atoms with Crippen molar-refractivity contribution >= 4 is 17.5 Å². The van der Waals surface area contributed by atoms with Crippen LogP contribution in [0.2, 0.25) is 0 Å². The van der Waals surface area contributed by atoms with Gasteiger partial charge in [-0.05, 0) is 13.3 Å². The summed E-state index contributed by atoms with van der Waals surface area (Å²) in [6.07, 6.45) is 6.23. The first-order valence-electron chi connectivity index (χ1n) is 7.97. The van der Waals surface area contributed by atoms with Crippen molar-refractivity contribution in [2.75, 3.05) is 24.5 Å². The number of anilines is 1. The zero-order valence-electron chi connectivity index (χ0n) is 13.7. The van der Waals surface area contributed by atoms with Gasteiger partial charge in [0.1, 0.15) is 11.8 Å². The molecule has 24 heavy (non-hydrogen) atoms. The average molecular weight is 329 g/mol. The minimum absolute atomic E-state index is 0.0714. The summed E-state index contributed by atoms with van der Waals surface area (Å²) in [5.74, 6) is 0.0244. The third-order valence-corrected chi connectivity index (χ3v) is 5.03. The lowest BCUT2D eigenvalue weighted by Crippen LogP contribution is -2.34. The molecule has 1 spiro atoms. The monoisotopic (exact) mass is 329 g/mol. The molecule has 2 aliphatic heterocycles. The molecule has 0 aliphatic carbocycles. The van der Waals surface area contributed by atoms with E-state index in [1.165, 1.54) is 6.26 Å². The van der Waals surface area contributed by atoms with Crippen LogP contribution in [-0.4, -0.2) is 51.3 Å². The highest BCUT2D eigenvalue weighted by molar-refractivity contribution is 5.97. The highest BCUT2D eigenvalue weighted by Gasteiger charge is 2.49. The van der Waals surface area contributed by atoms with Gasteiger partial charge in [-0.15, -0.1) is 0 Å². The van der Waals surface area contributed by atoms with Crippen molar-refractivity contribution in [3.05, 3.63) is 29.9 Å². The SMILES string of the molecule is Cc1nocc1C(=O)N1CCC2(CC(=O)N(c3cnn(C)c3)C2)C1. The van der Waals surface area contributed by atoms with E-state index in [-0.39, 0.29) is 17.2 Å². The summed E-state index contributed by atoms with van der Waals surface area (Å²) in [6.45, 7) is 3.62. The molecule has 2 amide bonds. The molecule has 4 rings (SSSR count). The number of hydrogen-bond acceptors (Lipinski definition) is 5. The molecular formula is C16H19N5O3. The quantitative estimate of drug-likeness (QED) is 0.820. The summed E-state index contributed by atoms with van der Waals surface area (Å²) in [6, 6.07) is 0. The molecule has 2 aromatic heterocycles. The molecule has 8 nitrogen and oxygen atoms in total. The first-order valence-corrected chi connectivity index (χ1v) is 7.97. The molecule has 0 aromatic carbocycles. The van der Waals surface area contributed by atoms with Crippen LogP contribution >= 0.6 is 0 Å². The number of nitrogens with zero attached hydrogens (tertiary/aromatic N) is 5. The average Bonchev–Trinajstić information content (AvgIpc) is 3.29. The lowest BCUT2D eigenvalue weighted by molar-refractivity contribution is -0.117. The van der Waals surface area contributed by atoms with E-state index in [0.717, 1.165) is 12.1 Å². The maximum absolute atomic E-state index is 12.6. The summed E-state index contributed by atoms with van der Waals surface area (Å²) in [5.41, 5.74) is 1.74. The molecule has 2 aliphatic rings. The Labute approximate surface area is 139 Å². The van der Waals surface area contributed by atoms with E-state index in [4.69, 9.17) is 4.52 Å². The van der Waals surface area contributed by atoms with Crippen LogP contribution in [0.4, 0.5) is 5.69 Å². The first-order chi connectivity index (χ1) is 11.5. The number of carbonyl (C=O) groups is 2. The van der Waals surface area contributed by atoms with Crippen molar-refractivity contribution in [2.45, 2.75) is 19.8 Å². The summed E-state index contributed by atoms with van der Waals surface area (Å²) < 4.78 is 6.56. The fraction of sp³-hybridized carbons (Fsp3) is 0.500. The Balaban J connectivity index is 1.51. The van der Waals surface area contributed by atoms with E-state index in [9.17, 15) is 9.59 Å². The minimum Gasteiger partial charge on any atom is -0.364 e. The van der Waals surface area contributed by atoms with Gasteiger partial charge in [0.2, 0.25) is 5.91 Å². The van der Waals surface area contributed by atoms with Crippen molar-refractivity contribution in [2.24, 2.45) is 12.5 Å². The molecule has 8 heteroatoms. The van der Waals surface area contributed by atoms with Crippen LogP contribution in [0.15, 0.2) is 23.2 Å². The molecule has 0 radical (unpaired) electrons. The Bertz CT molecular complexity index is 810. The third-order valence-electron chi connectivity index (χ3n) is 5.03. The Morgan fingerprint density at radius 1 is 1.38 bits per heavy atom. The van der Waals surface area contributed by atoms with Gasteiger partial charge in [-0.3, -0.25) is 14.3 Å². The lowest BCUT2D eigenvalue weighted by Gasteiger charge is -2.23. The van der Waals surface area contributed by atoms with Crippen LogP contribution in [0.1, 0.15) is 28.9 Å². The van der Waals surface area contributed by atoms with Gasteiger partial charge in [-0.2, -0.15) is 5.10 Å². The van der Waals surface area contributed by atoms with Crippen LogP contribution in [0.5, 0.6) is 0 Å². The molecule has 1 atom stereocenters. The number of likely N-dealkylation sites (tertiary alicyclic amines) is 1. The fourth-order valence-electron chi connectivity index (χ4n) is 3.73. The number of rotatable bonds is 2. The van der Waals surface area contributed by atoms with Crippen LogP contribution in [0, 0.1) is 12.3 Å². The fourth-order valence-corrected chi connectivity index (χ4v) is 3.73. The molecule has 4 heterocycles. The number of aryl methyl sites for hydroxylation is 2. The second kappa shape index (κ2) is 5.19. The Morgan fingerprint density at radius 3 is 2.88 bits per heavy atom. The highest BCUT2D eigenvalue weighted by atomic mass is 16.5. The van der Waals surface area contributed by atoms with Crippen molar-refractivity contribution in [1.82, 2.24) is 19.8 Å². The van der Waals surface area contributed by atoms with Crippen molar-refractivity contribution in [3.8, 4) is 0 Å². The van der Waals surface area contributed by atoms with E-state index in [0.29, 0.717) is 37.3 Å². The Hall–Kier alpha value is -2.64. The van der Waals surface area contributed by atoms with Crippen molar-refractivity contribution in [1.29, 1.82) is 0 Å². The summed E-state index contributed by atoms with van der Waals surface area (Å²) in [7, 11) is 1.83. The maximum atomic E-state index is 12.6. The Kier molecular flexibility index (Phi) is 3.22. The molecule has 2 saturated heterocycles. The second-order valence-corrected chi connectivity index (χ2v) is 6.82. The molecular weight excluding hydrogens is 310 g/mol. The van der Waals surface area contributed by atoms with Gasteiger partial charge in [0.25, 0.3) is 5.91 Å². The second-order valence-electron chi connectivity index (χ2n) is 6.82. The van der Waals surface area contributed by atoms with Gasteiger partial charge in [-0.1, -0.05) is 5.16 Å². The molecule has 2 aromatic rings. The van der Waals surface area contributed by atoms with Crippen LogP contribution < -0.4 is 4.90 Å². The van der Waals surface area contributed by atoms with Crippen molar-refractivity contribution < 1.29 is 14.1 Å². The lowest BCUT2D eigenvalue weighted by atomic mass is 9.86. The number of aromatic nitrogens is 3. The van der Waals surface area contributed by atoms with Crippen LogP contribution in [-0.2, 0) is 11.8 Å². The zero-order valence-corrected chi connectivity index (χ0v) is 13.7. The van der Waals surface area contributed by atoms with E-state index in [2.05, 4.69) is 10.3 Å². The van der Waals surface area contributed by atoms with E-state index < -0.39 is 0 Å². The summed E-state index contributed by atoms with van der Waals surface area (Å²) >= 11 is 0. The smallest absolute Gasteiger partial charge is 0.259 e. The highest BCUT2D eigenvalue weighted by Crippen LogP contribution is 2.42. The van der Waals surface area contributed by atoms with Gasteiger partial charge >= 0.3 is 0 Å². The van der Waals surface area contributed by atoms with Gasteiger partial charge < -0.3 is 14.3 Å². The van der Waals surface area contributed by atoms with Gasteiger partial charge in [0, 0.05) is 44.7 Å². The van der Waals surface area contributed by atoms with Gasteiger partial charge in [0.15, 0.2) is 0 Å². The van der Waals surface area contributed by atoms with Gasteiger partial charge in [0.05, 0.1) is 17.6 Å². The molecule has 0 saturated carbocycles. The van der Waals surface area contributed by atoms with E-state index in [1.54, 1.807) is 27.6 Å². The number of amides is 2. The molecule has 1 unspecified atom stereocenters. The normalized spacial score (nSPS) is 23.7.